The van der Waals surface area contributed by atoms with Crippen molar-refractivity contribution in [2.75, 3.05) is 0 Å². The van der Waals surface area contributed by atoms with Gasteiger partial charge in [0.25, 0.3) is 0 Å². The van der Waals surface area contributed by atoms with E-state index in [-0.39, 0.29) is 12.1 Å². The van der Waals surface area contributed by atoms with Crippen LogP contribution in [0, 0.1) is 0 Å². The number of carbonyl (C=O) groups is 1. The highest BCUT2D eigenvalue weighted by Gasteiger charge is 2.00. The van der Waals surface area contributed by atoms with Gasteiger partial charge in [0.1, 0.15) is 6.10 Å². The fraction of sp³-hybridized carbons (Fsp3) is 0.571. The van der Waals surface area contributed by atoms with Crippen LogP contribution in [0.25, 0.3) is 0 Å². The zero-order chi connectivity index (χ0) is 9.98. The Bertz CT molecular complexity index is 146. The van der Waals surface area contributed by atoms with E-state index in [9.17, 15) is 4.79 Å². The molecule has 2 atom stereocenters. The summed E-state index contributed by atoms with van der Waals surface area (Å²) in [6.45, 7) is 6.76. The Hall–Kier alpha value is -0.730. The lowest BCUT2D eigenvalue weighted by atomic mass is 10.3. The van der Waals surface area contributed by atoms with Crippen LogP contribution in [0.2, 0.25) is 0 Å². The third-order valence-corrected chi connectivity index (χ3v) is 0.866. The van der Waals surface area contributed by atoms with Gasteiger partial charge in [-0.25, -0.2) is 0 Å². The molecule has 0 amide bonds. The van der Waals surface area contributed by atoms with E-state index in [0.717, 1.165) is 6.42 Å². The summed E-state index contributed by atoms with van der Waals surface area (Å²) in [6.07, 6.45) is 2.42. The van der Waals surface area contributed by atoms with E-state index in [0.29, 0.717) is 0 Å². The van der Waals surface area contributed by atoms with Crippen LogP contribution in [0.1, 0.15) is 20.3 Å². The second kappa shape index (κ2) is 10.3. The van der Waals surface area contributed by atoms with Gasteiger partial charge in [0.05, 0.1) is 0 Å². The lowest BCUT2D eigenvalue weighted by molar-refractivity contribution is -0.145. The molecular formula is C7H14O4P+. The highest BCUT2D eigenvalue weighted by molar-refractivity contribution is 7.16. The average Bonchev–Trinajstić information content (AvgIpc) is 1.87. The summed E-state index contributed by atoms with van der Waals surface area (Å²) >= 11 is 0. The molecule has 0 aliphatic heterocycles. The first-order valence-corrected chi connectivity index (χ1v) is 4.23. The van der Waals surface area contributed by atoms with Crippen LogP contribution in [0.15, 0.2) is 12.7 Å². The molecule has 0 aliphatic carbocycles. The fourth-order valence-corrected chi connectivity index (χ4v) is 0.566. The van der Waals surface area contributed by atoms with Gasteiger partial charge in [-0.15, -0.1) is 6.58 Å². The first-order chi connectivity index (χ1) is 5.58. The van der Waals surface area contributed by atoms with Crippen molar-refractivity contribution >= 4 is 14.7 Å². The monoisotopic (exact) mass is 193 g/mol. The Kier molecular flexibility index (Phi) is 11.8. The molecule has 0 bridgehead atoms. The van der Waals surface area contributed by atoms with E-state index < -0.39 is 8.69 Å². The molecule has 4 nitrogen and oxygen atoms in total. The number of hydrogen-bond acceptors (Lipinski definition) is 3. The minimum Gasteiger partial charge on any atom is -0.463 e. The molecule has 0 aromatic rings. The quantitative estimate of drug-likeness (QED) is 0.418. The average molecular weight is 193 g/mol. The van der Waals surface area contributed by atoms with E-state index in [2.05, 4.69) is 6.58 Å². The summed E-state index contributed by atoms with van der Waals surface area (Å²) in [5.74, 6) is -0.232. The third-order valence-electron chi connectivity index (χ3n) is 0.866. The summed E-state index contributed by atoms with van der Waals surface area (Å²) in [5.41, 5.74) is 0. The Labute approximate surface area is 73.5 Å². The van der Waals surface area contributed by atoms with Crippen molar-refractivity contribution in [1.29, 1.82) is 0 Å². The van der Waals surface area contributed by atoms with Crippen LogP contribution in [-0.2, 0) is 14.1 Å². The van der Waals surface area contributed by atoms with E-state index in [1.807, 2.05) is 6.92 Å². The predicted molar refractivity (Wildman–Crippen MR) is 47.3 cm³/mol. The molecular weight excluding hydrogens is 179 g/mol. The minimum absolute atomic E-state index is 0.0278. The van der Waals surface area contributed by atoms with Crippen molar-refractivity contribution in [3.63, 3.8) is 0 Å². The Morgan fingerprint density at radius 3 is 2.50 bits per heavy atom. The minimum atomic E-state index is -1.17. The summed E-state index contributed by atoms with van der Waals surface area (Å²) in [4.78, 5) is 17.3. The maximum atomic E-state index is 10.3. The molecule has 1 N–H and O–H groups in total. The van der Waals surface area contributed by atoms with Gasteiger partial charge in [0, 0.05) is 13.3 Å². The molecule has 12 heavy (non-hydrogen) atoms. The number of rotatable bonds is 3. The molecule has 0 aromatic heterocycles. The Balaban J connectivity index is 0. The van der Waals surface area contributed by atoms with Gasteiger partial charge in [-0.3, -0.25) is 4.79 Å². The van der Waals surface area contributed by atoms with Crippen LogP contribution < -0.4 is 0 Å². The molecule has 0 saturated carbocycles. The number of esters is 1. The fourth-order valence-electron chi connectivity index (χ4n) is 0.566. The van der Waals surface area contributed by atoms with Gasteiger partial charge >= 0.3 is 14.7 Å². The van der Waals surface area contributed by atoms with Crippen molar-refractivity contribution in [3.05, 3.63) is 12.7 Å². The smallest absolute Gasteiger partial charge is 0.463 e. The number of ether oxygens (including phenoxy) is 1. The molecule has 2 unspecified atom stereocenters. The van der Waals surface area contributed by atoms with Crippen molar-refractivity contribution in [1.82, 2.24) is 0 Å². The van der Waals surface area contributed by atoms with E-state index in [1.165, 1.54) is 6.92 Å². The van der Waals surface area contributed by atoms with Gasteiger partial charge in [-0.05, 0) is 11.5 Å². The molecule has 0 saturated heterocycles. The highest BCUT2D eigenvalue weighted by atomic mass is 31.1. The van der Waals surface area contributed by atoms with Gasteiger partial charge in [0.2, 0.25) is 0 Å². The maximum absolute atomic E-state index is 10.3. The van der Waals surface area contributed by atoms with Crippen molar-refractivity contribution in [2.45, 2.75) is 26.4 Å². The lowest BCUT2D eigenvalue weighted by Crippen LogP contribution is -2.10. The van der Waals surface area contributed by atoms with Crippen molar-refractivity contribution in [3.8, 4) is 0 Å². The standard InChI is InChI=1S/C7H12O2.HO2P/c1-4-5-6(2)9-7(3)8;1-3-2/h4,6H,1,5H2,2-3H3;3H/p+1. The first-order valence-electron chi connectivity index (χ1n) is 3.37. The zero-order valence-electron chi connectivity index (χ0n) is 7.24. The number of hydrogen-bond donors (Lipinski definition) is 1. The Morgan fingerprint density at radius 1 is 1.83 bits per heavy atom. The second-order valence-corrected chi connectivity index (χ2v) is 2.22. The molecule has 0 rings (SSSR count). The summed E-state index contributed by atoms with van der Waals surface area (Å²) in [7, 11) is -1.17. The SMILES string of the molecule is C=CCC(C)OC(C)=O.O=[PH+]O. The lowest BCUT2D eigenvalue weighted by Gasteiger charge is -2.07. The van der Waals surface area contributed by atoms with Crippen LogP contribution in [0.4, 0.5) is 0 Å². The number of carbonyl (C=O) groups excluding carboxylic acids is 1. The van der Waals surface area contributed by atoms with Gasteiger partial charge in [-0.2, -0.15) is 4.89 Å². The van der Waals surface area contributed by atoms with Crippen molar-refractivity contribution < 1.29 is 19.0 Å². The van der Waals surface area contributed by atoms with Gasteiger partial charge in [-0.1, -0.05) is 6.08 Å². The molecule has 0 heterocycles. The first kappa shape index (κ1) is 13.8. The second-order valence-electron chi connectivity index (χ2n) is 2.04. The van der Waals surface area contributed by atoms with E-state index in [1.54, 1.807) is 6.08 Å². The largest absolute Gasteiger partial charge is 0.491 e. The molecule has 0 aliphatic rings. The molecule has 0 radical (unpaired) electrons. The molecule has 5 heteroatoms. The van der Waals surface area contributed by atoms with Crippen LogP contribution in [0.5, 0.6) is 0 Å². The summed E-state index contributed by atoms with van der Waals surface area (Å²) in [6, 6.07) is 0. The van der Waals surface area contributed by atoms with Gasteiger partial charge < -0.3 is 4.74 Å². The van der Waals surface area contributed by atoms with Crippen LogP contribution >= 0.6 is 8.69 Å². The topological polar surface area (TPSA) is 63.6 Å². The third kappa shape index (κ3) is 16.1. The van der Waals surface area contributed by atoms with E-state index in [4.69, 9.17) is 14.2 Å². The summed E-state index contributed by atoms with van der Waals surface area (Å²) in [5, 5.41) is 0. The van der Waals surface area contributed by atoms with Crippen molar-refractivity contribution in [2.24, 2.45) is 0 Å². The highest BCUT2D eigenvalue weighted by Crippen LogP contribution is 1.96. The molecule has 0 aromatic carbocycles. The summed E-state index contributed by atoms with van der Waals surface area (Å²) < 4.78 is 13.3. The van der Waals surface area contributed by atoms with Crippen LogP contribution in [-0.4, -0.2) is 17.0 Å². The predicted octanol–water partition coefficient (Wildman–Crippen LogP) is 1.43. The molecule has 70 valence electrons. The molecule has 0 spiro atoms. The molecule has 0 fully saturated rings. The van der Waals surface area contributed by atoms with Crippen LogP contribution in [0.3, 0.4) is 0 Å². The van der Waals surface area contributed by atoms with Gasteiger partial charge in [0.15, 0.2) is 0 Å². The van der Waals surface area contributed by atoms with E-state index >= 15 is 0 Å². The normalized spacial score (nSPS) is 10.9. The zero-order valence-corrected chi connectivity index (χ0v) is 8.24. The Morgan fingerprint density at radius 2 is 2.25 bits per heavy atom. The maximum Gasteiger partial charge on any atom is 0.491 e.